The maximum Gasteiger partial charge on any atom is 0.274 e. The van der Waals surface area contributed by atoms with Crippen molar-refractivity contribution in [3.05, 3.63) is 45.7 Å². The van der Waals surface area contributed by atoms with E-state index in [1.54, 1.807) is 0 Å². The van der Waals surface area contributed by atoms with Crippen LogP contribution < -0.4 is 5.32 Å². The Morgan fingerprint density at radius 1 is 1.13 bits per heavy atom. The van der Waals surface area contributed by atoms with Crippen molar-refractivity contribution in [3.63, 3.8) is 0 Å². The van der Waals surface area contributed by atoms with Gasteiger partial charge in [0, 0.05) is 48.0 Å². The lowest BCUT2D eigenvalue weighted by Gasteiger charge is -2.34. The first-order chi connectivity index (χ1) is 14.9. The molecule has 2 aromatic rings. The molecule has 7 nitrogen and oxygen atoms in total. The molecule has 0 unspecified atom stereocenters. The molecular weight excluding hydrogens is 458 g/mol. The summed E-state index contributed by atoms with van der Waals surface area (Å²) < 4.78 is 2.95. The second kappa shape index (κ2) is 9.53. The highest BCUT2D eigenvalue weighted by molar-refractivity contribution is 9.10. The van der Waals surface area contributed by atoms with Gasteiger partial charge in [-0.25, -0.2) is 4.68 Å². The van der Waals surface area contributed by atoms with Crippen LogP contribution in [-0.2, 0) is 17.6 Å². The van der Waals surface area contributed by atoms with E-state index in [9.17, 15) is 9.59 Å². The van der Waals surface area contributed by atoms with Gasteiger partial charge in [-0.15, -0.1) is 0 Å². The van der Waals surface area contributed by atoms with Gasteiger partial charge in [0.1, 0.15) is 0 Å². The monoisotopic (exact) mass is 487 g/mol. The number of aromatic nitrogens is 2. The van der Waals surface area contributed by atoms with E-state index in [0.29, 0.717) is 38.4 Å². The Balaban J connectivity index is 1.49. The van der Waals surface area contributed by atoms with E-state index in [0.717, 1.165) is 47.1 Å². The molecule has 0 saturated carbocycles. The molecule has 0 spiro atoms. The molecule has 0 atom stereocenters. The van der Waals surface area contributed by atoms with Crippen LogP contribution in [0.2, 0.25) is 0 Å². The van der Waals surface area contributed by atoms with E-state index >= 15 is 0 Å². The number of hydrogen-bond donors (Lipinski definition) is 1. The van der Waals surface area contributed by atoms with Crippen LogP contribution in [-0.4, -0.2) is 70.2 Å². The number of carbonyl (C=O) groups excluding carboxylic acids is 2. The summed E-state index contributed by atoms with van der Waals surface area (Å²) in [6.07, 6.45) is 4.06. The van der Waals surface area contributed by atoms with Gasteiger partial charge in [-0.05, 0) is 57.7 Å². The van der Waals surface area contributed by atoms with Crippen LogP contribution in [0.25, 0.3) is 5.69 Å². The number of hydrogen-bond acceptors (Lipinski definition) is 4. The van der Waals surface area contributed by atoms with Crippen molar-refractivity contribution >= 4 is 27.7 Å². The highest BCUT2D eigenvalue weighted by Crippen LogP contribution is 2.28. The van der Waals surface area contributed by atoms with Gasteiger partial charge in [-0.3, -0.25) is 14.5 Å². The van der Waals surface area contributed by atoms with Gasteiger partial charge < -0.3 is 10.2 Å². The molecule has 31 heavy (non-hydrogen) atoms. The van der Waals surface area contributed by atoms with E-state index < -0.39 is 0 Å². The molecule has 8 heteroatoms. The van der Waals surface area contributed by atoms with Crippen LogP contribution in [0, 0.1) is 0 Å². The van der Waals surface area contributed by atoms with Crippen LogP contribution in [0.4, 0.5) is 0 Å². The molecule has 1 aromatic carbocycles. The van der Waals surface area contributed by atoms with E-state index in [4.69, 9.17) is 5.10 Å². The fourth-order valence-electron chi connectivity index (χ4n) is 4.42. The van der Waals surface area contributed by atoms with Crippen LogP contribution in [0.3, 0.4) is 0 Å². The molecular formula is C23H30BrN5O2. The average Bonchev–Trinajstić information content (AvgIpc) is 3.13. The number of benzene rings is 1. The topological polar surface area (TPSA) is 70.5 Å². The summed E-state index contributed by atoms with van der Waals surface area (Å²) in [5.41, 5.74) is 3.85. The average molecular weight is 488 g/mol. The first-order valence-corrected chi connectivity index (χ1v) is 11.9. The maximum absolute atomic E-state index is 13.4. The van der Waals surface area contributed by atoms with Crippen molar-refractivity contribution in [1.29, 1.82) is 0 Å². The summed E-state index contributed by atoms with van der Waals surface area (Å²) in [5, 5.41) is 7.73. The van der Waals surface area contributed by atoms with Crippen molar-refractivity contribution in [2.45, 2.75) is 45.6 Å². The van der Waals surface area contributed by atoms with Crippen LogP contribution in [0.15, 0.2) is 28.7 Å². The molecule has 1 aliphatic heterocycles. The predicted molar refractivity (Wildman–Crippen MR) is 124 cm³/mol. The fourth-order valence-corrected chi connectivity index (χ4v) is 4.81. The fraction of sp³-hybridized carbons (Fsp3) is 0.522. The SMILES string of the molecule is CC(C)NC(=O)CN1CCN(C(=O)c2nn(-c3cccc(Br)c3)c3c2CCCC3)CC1. The summed E-state index contributed by atoms with van der Waals surface area (Å²) >= 11 is 3.54. The Hall–Kier alpha value is -2.19. The Kier molecular flexibility index (Phi) is 6.77. The van der Waals surface area contributed by atoms with Crippen LogP contribution >= 0.6 is 15.9 Å². The second-order valence-electron chi connectivity index (χ2n) is 8.66. The lowest BCUT2D eigenvalue weighted by molar-refractivity contribution is -0.123. The third-order valence-electron chi connectivity index (χ3n) is 5.91. The Morgan fingerprint density at radius 3 is 2.58 bits per heavy atom. The molecule has 1 aromatic heterocycles. The van der Waals surface area contributed by atoms with Crippen molar-refractivity contribution in [3.8, 4) is 5.69 Å². The molecule has 0 radical (unpaired) electrons. The Morgan fingerprint density at radius 2 is 1.87 bits per heavy atom. The number of piperazine rings is 1. The minimum absolute atomic E-state index is 0.0122. The normalized spacial score (nSPS) is 17.0. The summed E-state index contributed by atoms with van der Waals surface area (Å²) in [5.74, 6) is 0.0507. The second-order valence-corrected chi connectivity index (χ2v) is 9.58. The molecule has 2 amide bonds. The van der Waals surface area contributed by atoms with Crippen molar-refractivity contribution in [2.75, 3.05) is 32.7 Å². The summed E-state index contributed by atoms with van der Waals surface area (Å²) in [4.78, 5) is 29.4. The number of nitrogens with one attached hydrogen (secondary N) is 1. The smallest absolute Gasteiger partial charge is 0.274 e. The van der Waals surface area contributed by atoms with Crippen LogP contribution in [0.1, 0.15) is 48.4 Å². The lowest BCUT2D eigenvalue weighted by atomic mass is 9.95. The quantitative estimate of drug-likeness (QED) is 0.703. The zero-order chi connectivity index (χ0) is 22.0. The van der Waals surface area contributed by atoms with Gasteiger partial charge in [0.25, 0.3) is 5.91 Å². The zero-order valence-corrected chi connectivity index (χ0v) is 19.8. The number of carbonyl (C=O) groups is 2. The summed E-state index contributed by atoms with van der Waals surface area (Å²) in [6, 6.07) is 8.19. The zero-order valence-electron chi connectivity index (χ0n) is 18.2. The number of nitrogens with zero attached hydrogens (tertiary/aromatic N) is 4. The maximum atomic E-state index is 13.4. The highest BCUT2D eigenvalue weighted by atomic mass is 79.9. The molecule has 1 aliphatic carbocycles. The molecule has 2 heterocycles. The van der Waals surface area contributed by atoms with E-state index in [2.05, 4.69) is 26.1 Å². The van der Waals surface area contributed by atoms with E-state index in [-0.39, 0.29) is 17.9 Å². The third kappa shape index (κ3) is 5.01. The molecule has 1 fully saturated rings. The molecule has 4 rings (SSSR count). The first-order valence-electron chi connectivity index (χ1n) is 11.1. The standard InChI is InChI=1S/C23H30BrN5O2/c1-16(2)25-21(30)15-27-10-12-28(13-11-27)23(31)22-19-8-3-4-9-20(19)29(26-22)18-7-5-6-17(24)14-18/h5-7,14,16H,3-4,8-13,15H2,1-2H3,(H,25,30). The van der Waals surface area contributed by atoms with Gasteiger partial charge in [0.05, 0.1) is 12.2 Å². The number of fused-ring (bicyclic) bond motifs is 1. The van der Waals surface area contributed by atoms with Gasteiger partial charge in [0.15, 0.2) is 5.69 Å². The Bertz CT molecular complexity index is 963. The third-order valence-corrected chi connectivity index (χ3v) is 6.41. The van der Waals surface area contributed by atoms with Gasteiger partial charge in [0.2, 0.25) is 5.91 Å². The molecule has 166 valence electrons. The lowest BCUT2D eigenvalue weighted by Crippen LogP contribution is -2.51. The van der Waals surface area contributed by atoms with Crippen molar-refractivity contribution < 1.29 is 9.59 Å². The van der Waals surface area contributed by atoms with E-state index in [1.807, 2.05) is 47.7 Å². The van der Waals surface area contributed by atoms with Crippen molar-refractivity contribution in [2.24, 2.45) is 0 Å². The summed E-state index contributed by atoms with van der Waals surface area (Å²) in [7, 11) is 0. The molecule has 0 bridgehead atoms. The van der Waals surface area contributed by atoms with Crippen molar-refractivity contribution in [1.82, 2.24) is 24.9 Å². The van der Waals surface area contributed by atoms with Gasteiger partial charge in [-0.2, -0.15) is 5.10 Å². The number of halogens is 1. The van der Waals surface area contributed by atoms with Crippen LogP contribution in [0.5, 0.6) is 0 Å². The Labute approximate surface area is 191 Å². The van der Waals surface area contributed by atoms with E-state index in [1.165, 1.54) is 0 Å². The summed E-state index contributed by atoms with van der Waals surface area (Å²) in [6.45, 7) is 6.94. The number of rotatable bonds is 5. The number of amides is 2. The predicted octanol–water partition coefficient (Wildman–Crippen LogP) is 2.80. The van der Waals surface area contributed by atoms with Gasteiger partial charge >= 0.3 is 0 Å². The highest BCUT2D eigenvalue weighted by Gasteiger charge is 2.30. The molecule has 1 N–H and O–H groups in total. The minimum atomic E-state index is 0.0122. The van der Waals surface area contributed by atoms with Gasteiger partial charge in [-0.1, -0.05) is 22.0 Å². The molecule has 2 aliphatic rings. The minimum Gasteiger partial charge on any atom is -0.353 e. The molecule has 1 saturated heterocycles. The largest absolute Gasteiger partial charge is 0.353 e. The first kappa shape index (κ1) is 22.0.